The number of hydrogen-bond acceptors (Lipinski definition) is 6. The Morgan fingerprint density at radius 1 is 0.826 bits per heavy atom. The molecule has 2 aromatic carbocycles. The molecule has 0 fully saturated rings. The average molecular weight is 307 g/mol. The van der Waals surface area contributed by atoms with Gasteiger partial charge in [0.05, 0.1) is 5.56 Å². The second-order valence-electron chi connectivity index (χ2n) is 5.23. The molecule has 6 nitrogen and oxygen atoms in total. The van der Waals surface area contributed by atoms with E-state index in [0.29, 0.717) is 0 Å². The SMILES string of the molecule is O=C1C(=O)c2c(c(O)c3cc(O)ccc3c2O)-c2cccnc21. The minimum atomic E-state index is -0.922. The number of benzene rings is 2. The van der Waals surface area contributed by atoms with Crippen LogP contribution in [0, 0.1) is 0 Å². The summed E-state index contributed by atoms with van der Waals surface area (Å²) in [6.07, 6.45) is 1.37. The molecule has 3 aromatic rings. The van der Waals surface area contributed by atoms with Gasteiger partial charge < -0.3 is 15.3 Å². The molecule has 3 N–H and O–H groups in total. The summed E-state index contributed by atoms with van der Waals surface area (Å²) < 4.78 is 0. The normalized spacial score (nSPS) is 13.0. The molecule has 6 heteroatoms. The molecule has 23 heavy (non-hydrogen) atoms. The Labute approximate surface area is 129 Å². The van der Waals surface area contributed by atoms with Gasteiger partial charge in [0.1, 0.15) is 22.9 Å². The molecule has 0 aliphatic heterocycles. The zero-order valence-corrected chi connectivity index (χ0v) is 11.6. The van der Waals surface area contributed by atoms with E-state index in [-0.39, 0.29) is 44.7 Å². The first-order valence-corrected chi connectivity index (χ1v) is 6.75. The van der Waals surface area contributed by atoms with Gasteiger partial charge in [-0.15, -0.1) is 0 Å². The van der Waals surface area contributed by atoms with Crippen LogP contribution in [0.4, 0.5) is 0 Å². The Bertz CT molecular complexity index is 1040. The molecular formula is C17H9NO5. The van der Waals surface area contributed by atoms with E-state index in [4.69, 9.17) is 0 Å². The van der Waals surface area contributed by atoms with Crippen molar-refractivity contribution < 1.29 is 24.9 Å². The standard InChI is InChI=1S/C17H9NO5/c19-7-3-4-8-10(6-7)15(21)11-9-2-1-5-18-13(9)17(23)16(22)12(11)14(8)20/h1-6,19-21H. The summed E-state index contributed by atoms with van der Waals surface area (Å²) >= 11 is 0. The van der Waals surface area contributed by atoms with Crippen molar-refractivity contribution in [2.75, 3.05) is 0 Å². The molecule has 112 valence electrons. The third kappa shape index (κ3) is 1.60. The maximum absolute atomic E-state index is 12.4. The first-order chi connectivity index (χ1) is 11.0. The highest BCUT2D eigenvalue weighted by atomic mass is 16.3. The van der Waals surface area contributed by atoms with E-state index < -0.39 is 17.3 Å². The maximum atomic E-state index is 12.4. The van der Waals surface area contributed by atoms with Gasteiger partial charge >= 0.3 is 0 Å². The van der Waals surface area contributed by atoms with E-state index in [1.807, 2.05) is 0 Å². The number of rotatable bonds is 0. The van der Waals surface area contributed by atoms with Gasteiger partial charge in [0.2, 0.25) is 5.78 Å². The Hall–Kier alpha value is -3.41. The van der Waals surface area contributed by atoms with Crippen molar-refractivity contribution in [3.8, 4) is 28.4 Å². The predicted molar refractivity (Wildman–Crippen MR) is 80.8 cm³/mol. The molecular weight excluding hydrogens is 298 g/mol. The van der Waals surface area contributed by atoms with Crippen molar-refractivity contribution in [1.82, 2.24) is 4.98 Å². The van der Waals surface area contributed by atoms with E-state index in [1.165, 1.54) is 24.4 Å². The van der Waals surface area contributed by atoms with Crippen LogP contribution in [-0.4, -0.2) is 31.9 Å². The van der Waals surface area contributed by atoms with Crippen molar-refractivity contribution >= 4 is 22.3 Å². The minimum absolute atomic E-state index is 0.0494. The lowest BCUT2D eigenvalue weighted by molar-refractivity contribution is 0.0810. The van der Waals surface area contributed by atoms with Crippen LogP contribution in [-0.2, 0) is 0 Å². The average Bonchev–Trinajstić information content (AvgIpc) is 2.56. The lowest BCUT2D eigenvalue weighted by Gasteiger charge is -2.20. The highest BCUT2D eigenvalue weighted by molar-refractivity contribution is 6.53. The molecule has 0 spiro atoms. The van der Waals surface area contributed by atoms with Crippen molar-refractivity contribution in [2.45, 2.75) is 0 Å². The number of carbonyl (C=O) groups excluding carboxylic acids is 2. The van der Waals surface area contributed by atoms with Gasteiger partial charge in [-0.2, -0.15) is 0 Å². The van der Waals surface area contributed by atoms with E-state index >= 15 is 0 Å². The quantitative estimate of drug-likeness (QED) is 0.435. The van der Waals surface area contributed by atoms with Crippen LogP contribution in [0.5, 0.6) is 17.2 Å². The zero-order valence-electron chi connectivity index (χ0n) is 11.6. The fourth-order valence-corrected chi connectivity index (χ4v) is 2.93. The van der Waals surface area contributed by atoms with Gasteiger partial charge in [0.25, 0.3) is 5.78 Å². The van der Waals surface area contributed by atoms with Gasteiger partial charge in [0, 0.05) is 28.1 Å². The maximum Gasteiger partial charge on any atom is 0.252 e. The second-order valence-corrected chi connectivity index (χ2v) is 5.23. The summed E-state index contributed by atoms with van der Waals surface area (Å²) in [7, 11) is 0. The van der Waals surface area contributed by atoms with Crippen LogP contribution in [0.15, 0.2) is 36.5 Å². The molecule has 0 unspecified atom stereocenters. The molecule has 0 saturated carbocycles. The number of pyridine rings is 1. The van der Waals surface area contributed by atoms with Gasteiger partial charge in [0.15, 0.2) is 0 Å². The van der Waals surface area contributed by atoms with Crippen molar-refractivity contribution in [3.63, 3.8) is 0 Å². The van der Waals surface area contributed by atoms with Crippen LogP contribution >= 0.6 is 0 Å². The third-order valence-corrected chi connectivity index (χ3v) is 3.96. The summed E-state index contributed by atoms with van der Waals surface area (Å²) in [5.74, 6) is -2.55. The van der Waals surface area contributed by atoms with Gasteiger partial charge in [-0.05, 0) is 24.3 Å². The summed E-state index contributed by atoms with van der Waals surface area (Å²) in [6, 6.07) is 7.07. The molecule has 1 aliphatic rings. The van der Waals surface area contributed by atoms with E-state index in [2.05, 4.69) is 4.98 Å². The Morgan fingerprint density at radius 3 is 2.35 bits per heavy atom. The molecule has 4 rings (SSSR count). The monoisotopic (exact) mass is 307 g/mol. The summed E-state index contributed by atoms with van der Waals surface area (Å²) in [5, 5.41) is 31.0. The number of hydrogen-bond donors (Lipinski definition) is 3. The van der Waals surface area contributed by atoms with E-state index in [1.54, 1.807) is 12.1 Å². The Kier molecular flexibility index (Phi) is 2.48. The second kappa shape index (κ2) is 4.30. The molecule has 1 aliphatic carbocycles. The lowest BCUT2D eigenvalue weighted by Crippen LogP contribution is -2.22. The fourth-order valence-electron chi connectivity index (χ4n) is 2.93. The number of phenols is 3. The number of fused-ring (bicyclic) bond motifs is 4. The summed E-state index contributed by atoms with van der Waals surface area (Å²) in [5.41, 5.74) is 0.00355. The van der Waals surface area contributed by atoms with Crippen LogP contribution < -0.4 is 0 Å². The molecule has 1 heterocycles. The molecule has 0 atom stereocenters. The number of aromatic hydroxyl groups is 3. The zero-order chi connectivity index (χ0) is 16.3. The minimum Gasteiger partial charge on any atom is -0.508 e. The fraction of sp³-hybridized carbons (Fsp3) is 0. The Morgan fingerprint density at radius 2 is 1.57 bits per heavy atom. The summed E-state index contributed by atoms with van der Waals surface area (Å²) in [6.45, 7) is 0. The summed E-state index contributed by atoms with van der Waals surface area (Å²) in [4.78, 5) is 28.4. The van der Waals surface area contributed by atoms with Crippen molar-refractivity contribution in [2.24, 2.45) is 0 Å². The Balaban J connectivity index is 2.25. The predicted octanol–water partition coefficient (Wildman–Crippen LogP) is 2.40. The topological polar surface area (TPSA) is 108 Å². The number of Topliss-reactive ketones (excluding diaryl/α,β-unsaturated/α-hetero) is 2. The van der Waals surface area contributed by atoms with E-state index in [0.717, 1.165) is 0 Å². The van der Waals surface area contributed by atoms with Crippen LogP contribution in [0.1, 0.15) is 20.8 Å². The highest BCUT2D eigenvalue weighted by Gasteiger charge is 2.37. The number of carbonyl (C=O) groups is 2. The lowest BCUT2D eigenvalue weighted by atomic mass is 9.83. The molecule has 0 amide bonds. The van der Waals surface area contributed by atoms with Crippen LogP contribution in [0.3, 0.4) is 0 Å². The van der Waals surface area contributed by atoms with E-state index in [9.17, 15) is 24.9 Å². The van der Waals surface area contributed by atoms with Crippen LogP contribution in [0.25, 0.3) is 21.9 Å². The number of phenolic OH excluding ortho intramolecular Hbond substituents is 3. The molecule has 0 saturated heterocycles. The number of ketones is 2. The van der Waals surface area contributed by atoms with Crippen molar-refractivity contribution in [3.05, 3.63) is 47.8 Å². The number of aromatic nitrogens is 1. The molecule has 0 bridgehead atoms. The van der Waals surface area contributed by atoms with Gasteiger partial charge in [-0.1, -0.05) is 6.07 Å². The van der Waals surface area contributed by atoms with Gasteiger partial charge in [-0.3, -0.25) is 14.6 Å². The molecule has 0 radical (unpaired) electrons. The smallest absolute Gasteiger partial charge is 0.252 e. The highest BCUT2D eigenvalue weighted by Crippen LogP contribution is 2.48. The first-order valence-electron chi connectivity index (χ1n) is 6.75. The van der Waals surface area contributed by atoms with Crippen molar-refractivity contribution in [1.29, 1.82) is 0 Å². The van der Waals surface area contributed by atoms with Crippen LogP contribution in [0.2, 0.25) is 0 Å². The first kappa shape index (κ1) is 13.3. The van der Waals surface area contributed by atoms with Gasteiger partial charge in [-0.25, -0.2) is 0 Å². The number of nitrogens with zero attached hydrogens (tertiary/aromatic N) is 1. The largest absolute Gasteiger partial charge is 0.508 e. The third-order valence-electron chi connectivity index (χ3n) is 3.96. The molecule has 1 aromatic heterocycles.